The van der Waals surface area contributed by atoms with Gasteiger partial charge in [-0.2, -0.15) is 0 Å². The monoisotopic (exact) mass is 523 g/mol. The lowest BCUT2D eigenvalue weighted by Crippen LogP contribution is -2.36. The molecule has 4 N–H and O–H groups in total. The van der Waals surface area contributed by atoms with Crippen LogP contribution in [-0.2, 0) is 17.8 Å². The molecule has 3 amide bonds. The number of aliphatic carboxylic acids is 1. The van der Waals surface area contributed by atoms with E-state index in [2.05, 4.69) is 10.6 Å². The first kappa shape index (κ1) is 27.2. The van der Waals surface area contributed by atoms with Gasteiger partial charge in [-0.15, -0.1) is 0 Å². The molecule has 0 aliphatic rings. The van der Waals surface area contributed by atoms with Gasteiger partial charge in [-0.1, -0.05) is 35.9 Å². The van der Waals surface area contributed by atoms with Crippen molar-refractivity contribution >= 4 is 41.2 Å². The lowest BCUT2D eigenvalue weighted by atomic mass is 10.1. The number of carboxylic acid groups (broad SMARTS) is 2. The van der Waals surface area contributed by atoms with Crippen molar-refractivity contribution in [1.82, 2.24) is 10.2 Å². The number of hydrogen-bond acceptors (Lipinski definition) is 4. The molecule has 192 valence electrons. The van der Waals surface area contributed by atoms with Crippen molar-refractivity contribution in [3.8, 4) is 0 Å². The van der Waals surface area contributed by atoms with Crippen molar-refractivity contribution in [3.05, 3.63) is 100 Å². The average Bonchev–Trinajstić information content (AvgIpc) is 2.87. The zero-order chi connectivity index (χ0) is 26.8. The highest BCUT2D eigenvalue weighted by Crippen LogP contribution is 2.15. The summed E-state index contributed by atoms with van der Waals surface area (Å²) in [6, 6.07) is 19.6. The zero-order valence-corrected chi connectivity index (χ0v) is 20.6. The highest BCUT2D eigenvalue weighted by atomic mass is 35.5. The van der Waals surface area contributed by atoms with Crippen LogP contribution in [-0.4, -0.2) is 52.1 Å². The Labute approximate surface area is 218 Å². The van der Waals surface area contributed by atoms with Gasteiger partial charge >= 0.3 is 18.0 Å². The van der Waals surface area contributed by atoms with E-state index >= 15 is 0 Å². The summed E-state index contributed by atoms with van der Waals surface area (Å²) in [5, 5.41) is 23.7. The third-order valence-electron chi connectivity index (χ3n) is 5.47. The molecule has 0 aliphatic carbocycles. The predicted octanol–water partition coefficient (Wildman–Crippen LogP) is 4.52. The molecule has 3 rings (SSSR count). The van der Waals surface area contributed by atoms with E-state index < -0.39 is 11.9 Å². The minimum Gasteiger partial charge on any atom is -0.481 e. The van der Waals surface area contributed by atoms with Crippen LogP contribution in [0.4, 0.5) is 10.5 Å². The molecule has 0 radical (unpaired) electrons. The Morgan fingerprint density at radius 2 is 1.38 bits per heavy atom. The van der Waals surface area contributed by atoms with Crippen LogP contribution in [0.15, 0.2) is 72.8 Å². The van der Waals surface area contributed by atoms with Gasteiger partial charge in [-0.3, -0.25) is 9.59 Å². The first-order valence-electron chi connectivity index (χ1n) is 11.4. The Kier molecular flexibility index (Phi) is 9.62. The molecule has 0 aromatic heterocycles. The van der Waals surface area contributed by atoms with Crippen LogP contribution >= 0.6 is 11.6 Å². The van der Waals surface area contributed by atoms with Gasteiger partial charge < -0.3 is 25.7 Å². The first-order valence-corrected chi connectivity index (χ1v) is 11.8. The summed E-state index contributed by atoms with van der Waals surface area (Å²) < 4.78 is 0. The van der Waals surface area contributed by atoms with E-state index in [0.29, 0.717) is 29.2 Å². The van der Waals surface area contributed by atoms with Gasteiger partial charge in [0.25, 0.3) is 5.91 Å². The molecule has 0 saturated carbocycles. The number of benzene rings is 3. The first-order chi connectivity index (χ1) is 17.7. The second kappa shape index (κ2) is 13.1. The van der Waals surface area contributed by atoms with Gasteiger partial charge in [0.2, 0.25) is 0 Å². The Balaban J connectivity index is 1.69. The quantitative estimate of drug-likeness (QED) is 0.292. The molecule has 10 heteroatoms. The standard InChI is InChI=1S/C27H26ClN3O6/c28-22-9-3-18(4-10-22)14-16-31(27(37)30-23-11-7-21(8-12-23)26(35)36)17-19-1-5-20(6-2-19)25(34)29-15-13-24(32)33/h1-12H,13-17H2,(H,29,34)(H,30,37)(H,32,33)(H,35,36). The molecule has 3 aromatic carbocycles. The van der Waals surface area contributed by atoms with Crippen molar-refractivity contribution in [2.24, 2.45) is 0 Å². The molecule has 0 heterocycles. The minimum atomic E-state index is -1.05. The Morgan fingerprint density at radius 1 is 0.784 bits per heavy atom. The van der Waals surface area contributed by atoms with E-state index in [0.717, 1.165) is 11.1 Å². The number of anilines is 1. The summed E-state index contributed by atoms with van der Waals surface area (Å²) >= 11 is 5.96. The van der Waals surface area contributed by atoms with Crippen molar-refractivity contribution in [1.29, 1.82) is 0 Å². The maximum absolute atomic E-state index is 13.1. The van der Waals surface area contributed by atoms with Crippen LogP contribution in [0.2, 0.25) is 5.02 Å². The number of urea groups is 1. The molecule has 0 atom stereocenters. The summed E-state index contributed by atoms with van der Waals surface area (Å²) in [7, 11) is 0. The van der Waals surface area contributed by atoms with E-state index in [1.807, 2.05) is 12.1 Å². The van der Waals surface area contributed by atoms with Crippen LogP contribution < -0.4 is 10.6 Å². The molecule has 0 bridgehead atoms. The van der Waals surface area contributed by atoms with Gasteiger partial charge in [0.05, 0.1) is 12.0 Å². The van der Waals surface area contributed by atoms with Crippen LogP contribution in [0, 0.1) is 0 Å². The second-order valence-corrected chi connectivity index (χ2v) is 8.64. The molecule has 0 aliphatic heterocycles. The number of rotatable bonds is 11. The van der Waals surface area contributed by atoms with Gasteiger partial charge in [-0.05, 0) is 66.1 Å². The predicted molar refractivity (Wildman–Crippen MR) is 139 cm³/mol. The Bertz CT molecular complexity index is 1240. The van der Waals surface area contributed by atoms with Crippen molar-refractivity contribution in [2.75, 3.05) is 18.4 Å². The summed E-state index contributed by atoms with van der Waals surface area (Å²) in [5.41, 5.74) is 2.74. The molecule has 0 unspecified atom stereocenters. The molecular weight excluding hydrogens is 498 g/mol. The molecule has 3 aromatic rings. The number of hydrogen-bond donors (Lipinski definition) is 4. The fraction of sp³-hybridized carbons (Fsp3) is 0.185. The summed E-state index contributed by atoms with van der Waals surface area (Å²) in [4.78, 5) is 48.6. The minimum absolute atomic E-state index is 0.0298. The van der Waals surface area contributed by atoms with Crippen molar-refractivity contribution < 1.29 is 29.4 Å². The van der Waals surface area contributed by atoms with Crippen LogP contribution in [0.3, 0.4) is 0 Å². The molecule has 37 heavy (non-hydrogen) atoms. The number of nitrogens with zero attached hydrogens (tertiary/aromatic N) is 1. The highest BCUT2D eigenvalue weighted by Gasteiger charge is 2.16. The number of aromatic carboxylic acids is 1. The molecule has 0 saturated heterocycles. The average molecular weight is 524 g/mol. The fourth-order valence-electron chi connectivity index (χ4n) is 3.43. The summed E-state index contributed by atoms with van der Waals surface area (Å²) in [5.74, 6) is -2.43. The van der Waals surface area contributed by atoms with Crippen molar-refractivity contribution in [3.63, 3.8) is 0 Å². The van der Waals surface area contributed by atoms with E-state index in [9.17, 15) is 19.2 Å². The van der Waals surface area contributed by atoms with E-state index in [1.54, 1.807) is 41.3 Å². The molecular formula is C27H26ClN3O6. The number of nitrogens with one attached hydrogen (secondary N) is 2. The maximum atomic E-state index is 13.1. The lowest BCUT2D eigenvalue weighted by molar-refractivity contribution is -0.136. The topological polar surface area (TPSA) is 136 Å². The number of amides is 3. The largest absolute Gasteiger partial charge is 0.481 e. The lowest BCUT2D eigenvalue weighted by Gasteiger charge is -2.24. The van der Waals surface area contributed by atoms with Gasteiger partial charge in [-0.25, -0.2) is 9.59 Å². The van der Waals surface area contributed by atoms with Gasteiger partial charge in [0.15, 0.2) is 0 Å². The number of halogens is 1. The summed E-state index contributed by atoms with van der Waals surface area (Å²) in [6.45, 7) is 0.674. The van der Waals surface area contributed by atoms with Crippen LogP contribution in [0.25, 0.3) is 0 Å². The fourth-order valence-corrected chi connectivity index (χ4v) is 3.56. The third-order valence-corrected chi connectivity index (χ3v) is 5.72. The molecule has 9 nitrogen and oxygen atoms in total. The number of carbonyl (C=O) groups is 4. The van der Waals surface area contributed by atoms with E-state index in [1.165, 1.54) is 24.3 Å². The van der Waals surface area contributed by atoms with Crippen LogP contribution in [0.1, 0.15) is 38.3 Å². The maximum Gasteiger partial charge on any atom is 0.335 e. The Morgan fingerprint density at radius 3 is 1.97 bits per heavy atom. The number of carboxylic acids is 2. The van der Waals surface area contributed by atoms with Gasteiger partial charge in [0.1, 0.15) is 0 Å². The van der Waals surface area contributed by atoms with Crippen molar-refractivity contribution in [2.45, 2.75) is 19.4 Å². The van der Waals surface area contributed by atoms with Gasteiger partial charge in [0, 0.05) is 35.9 Å². The smallest absolute Gasteiger partial charge is 0.335 e. The summed E-state index contributed by atoms with van der Waals surface area (Å²) in [6.07, 6.45) is 0.410. The highest BCUT2D eigenvalue weighted by molar-refractivity contribution is 6.30. The number of carbonyl (C=O) groups excluding carboxylic acids is 2. The third kappa shape index (κ3) is 8.66. The van der Waals surface area contributed by atoms with E-state index in [-0.39, 0.29) is 37.0 Å². The zero-order valence-electron chi connectivity index (χ0n) is 19.8. The van der Waals surface area contributed by atoms with E-state index in [4.69, 9.17) is 21.8 Å². The SMILES string of the molecule is O=C(O)CCNC(=O)c1ccc(CN(CCc2ccc(Cl)cc2)C(=O)Nc2ccc(C(=O)O)cc2)cc1. The molecule has 0 spiro atoms. The molecule has 0 fully saturated rings. The Hall–Kier alpha value is -4.37. The van der Waals surface area contributed by atoms with Crippen LogP contribution in [0.5, 0.6) is 0 Å². The normalized spacial score (nSPS) is 10.4. The second-order valence-electron chi connectivity index (χ2n) is 8.21.